The number of carboxylic acids is 1. The Balaban J connectivity index is 2.17. The van der Waals surface area contributed by atoms with Gasteiger partial charge in [-0.2, -0.15) is 4.31 Å². The van der Waals surface area contributed by atoms with E-state index >= 15 is 0 Å². The molecule has 1 atom stereocenters. The van der Waals surface area contributed by atoms with Crippen LogP contribution in [0.5, 0.6) is 0 Å². The van der Waals surface area contributed by atoms with Gasteiger partial charge in [0.25, 0.3) is 0 Å². The second-order valence-corrected chi connectivity index (χ2v) is 7.94. The summed E-state index contributed by atoms with van der Waals surface area (Å²) in [5.74, 6) is -5.82. The Morgan fingerprint density at radius 1 is 1.24 bits per heavy atom. The summed E-state index contributed by atoms with van der Waals surface area (Å²) in [5.41, 5.74) is 0. The highest BCUT2D eigenvalue weighted by atomic mass is 32.2. The number of carboxylic acid groups (broad SMARTS) is 1. The zero-order valence-corrected chi connectivity index (χ0v) is 14.4. The normalized spacial score (nSPS) is 19.8. The Kier molecular flexibility index (Phi) is 6.07. The van der Waals surface area contributed by atoms with E-state index in [1.165, 1.54) is 0 Å². The lowest BCUT2D eigenvalue weighted by molar-refractivity contribution is -0.138. The average molecular weight is 380 g/mol. The number of benzene rings is 1. The van der Waals surface area contributed by atoms with Crippen LogP contribution in [0.15, 0.2) is 17.0 Å². The predicted molar refractivity (Wildman–Crippen MR) is 83.0 cm³/mol. The van der Waals surface area contributed by atoms with E-state index in [-0.39, 0.29) is 25.7 Å². The van der Waals surface area contributed by atoms with Crippen LogP contribution in [0.2, 0.25) is 0 Å². The van der Waals surface area contributed by atoms with Gasteiger partial charge in [-0.3, -0.25) is 9.69 Å². The highest BCUT2D eigenvalue weighted by Gasteiger charge is 2.30. The molecule has 140 valence electrons. The molecule has 10 heteroatoms. The quantitative estimate of drug-likeness (QED) is 0.787. The van der Waals surface area contributed by atoms with Gasteiger partial charge < -0.3 is 5.11 Å². The highest BCUT2D eigenvalue weighted by Crippen LogP contribution is 2.24. The van der Waals surface area contributed by atoms with Crippen molar-refractivity contribution in [2.24, 2.45) is 0 Å². The fraction of sp³-hybridized carbons (Fsp3) is 0.533. The number of rotatable bonds is 5. The second-order valence-electron chi connectivity index (χ2n) is 6.00. The Labute approximate surface area is 143 Å². The highest BCUT2D eigenvalue weighted by molar-refractivity contribution is 7.89. The lowest BCUT2D eigenvalue weighted by atomic mass is 10.1. The van der Waals surface area contributed by atoms with E-state index < -0.39 is 38.3 Å². The van der Waals surface area contributed by atoms with Crippen LogP contribution in [-0.2, 0) is 14.8 Å². The van der Waals surface area contributed by atoms with E-state index in [2.05, 4.69) is 0 Å². The maximum atomic E-state index is 13.3. The third kappa shape index (κ3) is 4.50. The number of carbonyl (C=O) groups is 1. The van der Waals surface area contributed by atoms with Crippen molar-refractivity contribution in [3.05, 3.63) is 29.6 Å². The molecule has 1 heterocycles. The van der Waals surface area contributed by atoms with E-state index in [4.69, 9.17) is 5.11 Å². The molecule has 1 aromatic carbocycles. The smallest absolute Gasteiger partial charge is 0.317 e. The summed E-state index contributed by atoms with van der Waals surface area (Å²) in [7, 11) is -2.52. The minimum absolute atomic E-state index is 0.0809. The van der Waals surface area contributed by atoms with E-state index in [0.717, 1.165) is 4.31 Å². The van der Waals surface area contributed by atoms with Gasteiger partial charge >= 0.3 is 5.97 Å². The molecule has 1 aliphatic heterocycles. The van der Waals surface area contributed by atoms with Gasteiger partial charge in [-0.15, -0.1) is 0 Å². The van der Waals surface area contributed by atoms with E-state index in [0.29, 0.717) is 31.4 Å². The Morgan fingerprint density at radius 3 is 2.40 bits per heavy atom. The third-order valence-corrected chi connectivity index (χ3v) is 6.14. The fourth-order valence-corrected chi connectivity index (χ4v) is 4.42. The number of sulfonamides is 1. The minimum atomic E-state index is -4.17. The Bertz CT molecular complexity index is 734. The first-order chi connectivity index (χ1) is 11.6. The van der Waals surface area contributed by atoms with E-state index in [9.17, 15) is 26.4 Å². The standard InChI is InChI=1S/C15H19F3N2O4S/c1-19(9-14(21)22)10-3-2-5-20(6-4-10)25(23,24)11-7-12(16)15(18)13(17)8-11/h7-8,10H,2-6,9H2,1H3,(H,21,22). The van der Waals surface area contributed by atoms with Crippen molar-refractivity contribution in [2.75, 3.05) is 26.7 Å². The summed E-state index contributed by atoms with van der Waals surface area (Å²) in [6, 6.07) is 0.817. The molecule has 1 aliphatic rings. The predicted octanol–water partition coefficient (Wildman–Crippen LogP) is 1.66. The van der Waals surface area contributed by atoms with Crippen LogP contribution in [0.1, 0.15) is 19.3 Å². The van der Waals surface area contributed by atoms with Gasteiger partial charge in [0.2, 0.25) is 10.0 Å². The fourth-order valence-electron chi connectivity index (χ4n) is 2.91. The first-order valence-electron chi connectivity index (χ1n) is 7.69. The van der Waals surface area contributed by atoms with E-state index in [1.807, 2.05) is 0 Å². The molecular weight excluding hydrogens is 361 g/mol. The third-order valence-electron chi connectivity index (χ3n) is 4.26. The summed E-state index contributed by atoms with van der Waals surface area (Å²) < 4.78 is 66.0. The second kappa shape index (κ2) is 7.71. The van der Waals surface area contributed by atoms with Gasteiger partial charge in [-0.1, -0.05) is 0 Å². The van der Waals surface area contributed by atoms with Crippen LogP contribution in [0.25, 0.3) is 0 Å². The molecule has 0 saturated carbocycles. The Hall–Kier alpha value is -1.65. The van der Waals surface area contributed by atoms with Crippen molar-refractivity contribution in [2.45, 2.75) is 30.2 Å². The van der Waals surface area contributed by atoms with Crippen LogP contribution >= 0.6 is 0 Å². The molecule has 0 spiro atoms. The molecule has 0 aromatic heterocycles. The van der Waals surface area contributed by atoms with Gasteiger partial charge in [0.1, 0.15) is 0 Å². The van der Waals surface area contributed by atoms with Crippen LogP contribution in [0.4, 0.5) is 13.2 Å². The van der Waals surface area contributed by atoms with Crippen molar-refractivity contribution in [3.63, 3.8) is 0 Å². The number of likely N-dealkylation sites (N-methyl/N-ethyl adjacent to an activating group) is 1. The molecule has 1 aromatic rings. The number of hydrogen-bond donors (Lipinski definition) is 1. The van der Waals surface area contributed by atoms with Gasteiger partial charge in [0, 0.05) is 19.1 Å². The Morgan fingerprint density at radius 2 is 1.84 bits per heavy atom. The summed E-state index contributed by atoms with van der Waals surface area (Å²) in [5, 5.41) is 8.84. The maximum absolute atomic E-state index is 13.3. The lowest BCUT2D eigenvalue weighted by Crippen LogP contribution is -2.37. The summed E-state index contributed by atoms with van der Waals surface area (Å²) >= 11 is 0. The molecular formula is C15H19F3N2O4S. The molecule has 1 N–H and O–H groups in total. The van der Waals surface area contributed by atoms with Crippen molar-refractivity contribution >= 4 is 16.0 Å². The van der Waals surface area contributed by atoms with Gasteiger partial charge in [0.15, 0.2) is 17.5 Å². The largest absolute Gasteiger partial charge is 0.480 e. The summed E-state index contributed by atoms with van der Waals surface area (Å²) in [6.45, 7) is 0.0593. The molecule has 6 nitrogen and oxygen atoms in total. The van der Waals surface area contributed by atoms with Crippen molar-refractivity contribution < 1.29 is 31.5 Å². The number of halogens is 3. The van der Waals surface area contributed by atoms with E-state index in [1.54, 1.807) is 11.9 Å². The lowest BCUT2D eigenvalue weighted by Gasteiger charge is -2.25. The van der Waals surface area contributed by atoms with Gasteiger partial charge in [-0.05, 0) is 38.4 Å². The first kappa shape index (κ1) is 19.7. The molecule has 0 radical (unpaired) electrons. The van der Waals surface area contributed by atoms with Crippen LogP contribution in [-0.4, -0.2) is 61.4 Å². The van der Waals surface area contributed by atoms with Crippen LogP contribution < -0.4 is 0 Å². The molecule has 0 amide bonds. The molecule has 0 bridgehead atoms. The average Bonchev–Trinajstić information content (AvgIpc) is 2.78. The maximum Gasteiger partial charge on any atom is 0.317 e. The van der Waals surface area contributed by atoms with Crippen LogP contribution in [0, 0.1) is 17.5 Å². The summed E-state index contributed by atoms with van der Waals surface area (Å²) in [6.07, 6.45) is 1.46. The molecule has 1 fully saturated rings. The molecule has 1 unspecified atom stereocenters. The van der Waals surface area contributed by atoms with Crippen molar-refractivity contribution in [1.82, 2.24) is 9.21 Å². The first-order valence-corrected chi connectivity index (χ1v) is 9.13. The van der Waals surface area contributed by atoms with Crippen molar-refractivity contribution in [1.29, 1.82) is 0 Å². The van der Waals surface area contributed by atoms with Crippen molar-refractivity contribution in [3.8, 4) is 0 Å². The van der Waals surface area contributed by atoms with Gasteiger partial charge in [-0.25, -0.2) is 21.6 Å². The molecule has 25 heavy (non-hydrogen) atoms. The number of aliphatic carboxylic acids is 1. The summed E-state index contributed by atoms with van der Waals surface area (Å²) in [4.78, 5) is 11.8. The molecule has 0 aliphatic carbocycles. The molecule has 2 rings (SSSR count). The topological polar surface area (TPSA) is 77.9 Å². The monoisotopic (exact) mass is 380 g/mol. The SMILES string of the molecule is CN(CC(=O)O)C1CCCN(S(=O)(=O)c2cc(F)c(F)c(F)c2)CC1. The minimum Gasteiger partial charge on any atom is -0.480 e. The van der Waals surface area contributed by atoms with Crippen LogP contribution in [0.3, 0.4) is 0 Å². The number of nitrogens with zero attached hydrogens (tertiary/aromatic N) is 2. The van der Waals surface area contributed by atoms with Gasteiger partial charge in [0.05, 0.1) is 11.4 Å². The zero-order valence-electron chi connectivity index (χ0n) is 13.6. The molecule has 1 saturated heterocycles. The number of hydrogen-bond acceptors (Lipinski definition) is 4. The zero-order chi connectivity index (χ0) is 18.8.